The number of hydrogen-bond donors (Lipinski definition) is 1. The van der Waals surface area contributed by atoms with Crippen LogP contribution in [0.25, 0.3) is 0 Å². The van der Waals surface area contributed by atoms with Gasteiger partial charge < -0.3 is 5.32 Å². The first-order valence-electron chi connectivity index (χ1n) is 7.36. The van der Waals surface area contributed by atoms with Gasteiger partial charge in [-0.05, 0) is 42.3 Å². The molecule has 2 rings (SSSR count). The van der Waals surface area contributed by atoms with E-state index in [4.69, 9.17) is 0 Å². The van der Waals surface area contributed by atoms with Crippen LogP contribution in [0.2, 0.25) is 0 Å². The summed E-state index contributed by atoms with van der Waals surface area (Å²) < 4.78 is 0. The van der Waals surface area contributed by atoms with Gasteiger partial charge in [0.1, 0.15) is 0 Å². The van der Waals surface area contributed by atoms with Crippen LogP contribution >= 0.6 is 11.8 Å². The predicted molar refractivity (Wildman–Crippen MR) is 78.7 cm³/mol. The van der Waals surface area contributed by atoms with E-state index in [1.165, 1.54) is 56.6 Å². The third kappa shape index (κ3) is 3.64. The third-order valence-corrected chi connectivity index (χ3v) is 6.41. The van der Waals surface area contributed by atoms with Gasteiger partial charge >= 0.3 is 0 Å². The Hall–Kier alpha value is 0.310. The summed E-state index contributed by atoms with van der Waals surface area (Å²) in [6.07, 6.45) is 8.56. The standard InChI is InChI=1S/C15H29NS/c1-4-15(7-5-6-8-15)11-16-13-9-14(2,3)12-17-10-13/h13,16H,4-12H2,1-3H3. The van der Waals surface area contributed by atoms with Crippen molar-refractivity contribution < 1.29 is 0 Å². The first-order valence-corrected chi connectivity index (χ1v) is 8.52. The normalized spacial score (nSPS) is 31.6. The van der Waals surface area contributed by atoms with Gasteiger partial charge in [0.15, 0.2) is 0 Å². The summed E-state index contributed by atoms with van der Waals surface area (Å²) in [7, 11) is 0. The zero-order valence-electron chi connectivity index (χ0n) is 11.8. The van der Waals surface area contributed by atoms with E-state index in [1.54, 1.807) is 0 Å². The molecule has 1 saturated heterocycles. The van der Waals surface area contributed by atoms with E-state index < -0.39 is 0 Å². The van der Waals surface area contributed by atoms with Crippen LogP contribution in [0.15, 0.2) is 0 Å². The lowest BCUT2D eigenvalue weighted by Gasteiger charge is -2.37. The molecule has 0 bridgehead atoms. The molecule has 2 fully saturated rings. The molecule has 1 nitrogen and oxygen atoms in total. The lowest BCUT2D eigenvalue weighted by atomic mass is 9.82. The van der Waals surface area contributed by atoms with Gasteiger partial charge in [-0.2, -0.15) is 11.8 Å². The molecule has 0 spiro atoms. The van der Waals surface area contributed by atoms with Crippen molar-refractivity contribution in [3.63, 3.8) is 0 Å². The smallest absolute Gasteiger partial charge is 0.0163 e. The molecule has 2 aliphatic rings. The summed E-state index contributed by atoms with van der Waals surface area (Å²) in [5, 5.41) is 3.89. The fourth-order valence-electron chi connectivity index (χ4n) is 3.53. The molecule has 0 amide bonds. The Morgan fingerprint density at radius 1 is 1.24 bits per heavy atom. The van der Waals surface area contributed by atoms with E-state index >= 15 is 0 Å². The number of rotatable bonds is 4. The minimum atomic E-state index is 0.537. The van der Waals surface area contributed by atoms with Crippen LogP contribution in [-0.2, 0) is 0 Å². The van der Waals surface area contributed by atoms with Crippen LogP contribution in [-0.4, -0.2) is 24.1 Å². The topological polar surface area (TPSA) is 12.0 Å². The van der Waals surface area contributed by atoms with Crippen LogP contribution in [0, 0.1) is 10.8 Å². The van der Waals surface area contributed by atoms with Crippen molar-refractivity contribution in [2.75, 3.05) is 18.1 Å². The fourth-order valence-corrected chi connectivity index (χ4v) is 4.84. The number of nitrogens with one attached hydrogen (secondary N) is 1. The summed E-state index contributed by atoms with van der Waals surface area (Å²) in [4.78, 5) is 0. The van der Waals surface area contributed by atoms with Crippen molar-refractivity contribution in [1.29, 1.82) is 0 Å². The van der Waals surface area contributed by atoms with Crippen molar-refractivity contribution in [3.05, 3.63) is 0 Å². The molecule has 1 N–H and O–H groups in total. The van der Waals surface area contributed by atoms with Crippen LogP contribution in [0.3, 0.4) is 0 Å². The largest absolute Gasteiger partial charge is 0.313 e. The molecule has 1 unspecified atom stereocenters. The molecule has 1 atom stereocenters. The molecule has 1 saturated carbocycles. The molecule has 1 heterocycles. The maximum atomic E-state index is 3.89. The molecule has 0 aromatic carbocycles. The van der Waals surface area contributed by atoms with Crippen molar-refractivity contribution in [2.45, 2.75) is 65.3 Å². The average molecular weight is 255 g/mol. The van der Waals surface area contributed by atoms with E-state index in [1.807, 2.05) is 0 Å². The Morgan fingerprint density at radius 3 is 2.53 bits per heavy atom. The second kappa shape index (κ2) is 5.52. The molecular weight excluding hydrogens is 226 g/mol. The second-order valence-corrected chi connectivity index (χ2v) is 8.05. The van der Waals surface area contributed by atoms with E-state index in [0.29, 0.717) is 10.8 Å². The molecule has 1 aliphatic carbocycles. The fraction of sp³-hybridized carbons (Fsp3) is 1.00. The molecular formula is C15H29NS. The highest BCUT2D eigenvalue weighted by atomic mass is 32.2. The van der Waals surface area contributed by atoms with Gasteiger partial charge in [0.25, 0.3) is 0 Å². The summed E-state index contributed by atoms with van der Waals surface area (Å²) in [6.45, 7) is 8.48. The summed E-state index contributed by atoms with van der Waals surface area (Å²) in [6, 6.07) is 0.757. The van der Waals surface area contributed by atoms with Crippen LogP contribution in [0.5, 0.6) is 0 Å². The maximum absolute atomic E-state index is 3.89. The van der Waals surface area contributed by atoms with Crippen LogP contribution in [0.4, 0.5) is 0 Å². The molecule has 17 heavy (non-hydrogen) atoms. The van der Waals surface area contributed by atoms with Crippen molar-refractivity contribution >= 4 is 11.8 Å². The molecule has 0 aromatic rings. The first kappa shape index (κ1) is 13.7. The molecule has 0 radical (unpaired) electrons. The van der Waals surface area contributed by atoms with Gasteiger partial charge in [-0.1, -0.05) is 33.6 Å². The quantitative estimate of drug-likeness (QED) is 0.812. The van der Waals surface area contributed by atoms with E-state index in [-0.39, 0.29) is 0 Å². The third-order valence-electron chi connectivity index (χ3n) is 4.79. The summed E-state index contributed by atoms with van der Waals surface area (Å²) in [5.41, 5.74) is 1.18. The average Bonchev–Trinajstić information content (AvgIpc) is 2.75. The summed E-state index contributed by atoms with van der Waals surface area (Å²) >= 11 is 2.14. The monoisotopic (exact) mass is 255 g/mol. The Labute approximate surface area is 112 Å². The Kier molecular flexibility index (Phi) is 4.46. The molecule has 2 heteroatoms. The predicted octanol–water partition coefficient (Wildman–Crippen LogP) is 4.08. The Morgan fingerprint density at radius 2 is 1.94 bits per heavy atom. The van der Waals surface area contributed by atoms with E-state index in [9.17, 15) is 0 Å². The Bertz CT molecular complexity index is 243. The molecule has 1 aliphatic heterocycles. The summed E-state index contributed by atoms with van der Waals surface area (Å²) in [5.74, 6) is 2.66. The highest BCUT2D eigenvalue weighted by Crippen LogP contribution is 2.41. The minimum absolute atomic E-state index is 0.537. The maximum Gasteiger partial charge on any atom is 0.0163 e. The lowest BCUT2D eigenvalue weighted by molar-refractivity contribution is 0.237. The minimum Gasteiger partial charge on any atom is -0.313 e. The number of hydrogen-bond acceptors (Lipinski definition) is 2. The zero-order chi connectivity index (χ0) is 12.4. The highest BCUT2D eigenvalue weighted by molar-refractivity contribution is 7.99. The molecule has 0 aromatic heterocycles. The van der Waals surface area contributed by atoms with Crippen molar-refractivity contribution in [1.82, 2.24) is 5.32 Å². The van der Waals surface area contributed by atoms with Gasteiger partial charge in [-0.3, -0.25) is 0 Å². The van der Waals surface area contributed by atoms with Crippen LogP contribution in [0.1, 0.15) is 59.3 Å². The van der Waals surface area contributed by atoms with Gasteiger partial charge in [-0.25, -0.2) is 0 Å². The lowest BCUT2D eigenvalue weighted by Crippen LogP contribution is -2.44. The molecule has 100 valence electrons. The van der Waals surface area contributed by atoms with Crippen molar-refractivity contribution in [3.8, 4) is 0 Å². The second-order valence-electron chi connectivity index (χ2n) is 7.02. The van der Waals surface area contributed by atoms with E-state index in [2.05, 4.69) is 37.8 Å². The SMILES string of the molecule is CCC1(CNC2CSCC(C)(C)C2)CCCC1. The number of thioether (sulfide) groups is 1. The van der Waals surface area contributed by atoms with Gasteiger partial charge in [-0.15, -0.1) is 0 Å². The van der Waals surface area contributed by atoms with E-state index in [0.717, 1.165) is 6.04 Å². The van der Waals surface area contributed by atoms with Gasteiger partial charge in [0.2, 0.25) is 0 Å². The Balaban J connectivity index is 1.81. The highest BCUT2D eigenvalue weighted by Gasteiger charge is 2.34. The van der Waals surface area contributed by atoms with Gasteiger partial charge in [0, 0.05) is 18.3 Å². The van der Waals surface area contributed by atoms with Crippen molar-refractivity contribution in [2.24, 2.45) is 10.8 Å². The first-order chi connectivity index (χ1) is 8.05. The van der Waals surface area contributed by atoms with Crippen LogP contribution < -0.4 is 5.32 Å². The van der Waals surface area contributed by atoms with Gasteiger partial charge in [0.05, 0.1) is 0 Å². The zero-order valence-corrected chi connectivity index (χ0v) is 12.7.